The molecule has 0 aromatic heterocycles. The standard InChI is InChI=1S/C10H21N3O3/c1-10(2,3)7(4-5-14)12-6-8(15)13-9(11)16/h7,12,14H,4-6H2,1-3H3,(H3,11,13,15,16). The average molecular weight is 231 g/mol. The number of amides is 3. The van der Waals surface area contributed by atoms with E-state index in [4.69, 9.17) is 10.8 Å². The molecule has 0 aromatic rings. The molecule has 1 atom stereocenters. The van der Waals surface area contributed by atoms with E-state index in [1.807, 2.05) is 26.1 Å². The van der Waals surface area contributed by atoms with E-state index in [1.165, 1.54) is 0 Å². The molecule has 6 nitrogen and oxygen atoms in total. The molecular formula is C10H21N3O3. The third-order valence-electron chi connectivity index (χ3n) is 2.23. The van der Waals surface area contributed by atoms with Crippen LogP contribution in [-0.2, 0) is 4.79 Å². The van der Waals surface area contributed by atoms with Crippen LogP contribution in [0.25, 0.3) is 0 Å². The zero-order valence-electron chi connectivity index (χ0n) is 10.0. The molecule has 5 N–H and O–H groups in total. The van der Waals surface area contributed by atoms with Crippen LogP contribution in [0.3, 0.4) is 0 Å². The van der Waals surface area contributed by atoms with E-state index in [2.05, 4.69) is 5.32 Å². The third kappa shape index (κ3) is 6.36. The van der Waals surface area contributed by atoms with Crippen LogP contribution >= 0.6 is 0 Å². The Morgan fingerprint density at radius 1 is 1.38 bits per heavy atom. The van der Waals surface area contributed by atoms with Crippen molar-refractivity contribution >= 4 is 11.9 Å². The maximum atomic E-state index is 11.2. The van der Waals surface area contributed by atoms with Crippen molar-refractivity contribution in [2.45, 2.75) is 33.2 Å². The van der Waals surface area contributed by atoms with Gasteiger partial charge in [-0.2, -0.15) is 0 Å². The fourth-order valence-electron chi connectivity index (χ4n) is 1.37. The van der Waals surface area contributed by atoms with Crippen LogP contribution in [0.4, 0.5) is 4.79 Å². The normalized spacial score (nSPS) is 13.2. The Kier molecular flexibility index (Phi) is 5.98. The van der Waals surface area contributed by atoms with E-state index in [1.54, 1.807) is 0 Å². The van der Waals surface area contributed by atoms with Gasteiger partial charge in [0, 0.05) is 12.6 Å². The van der Waals surface area contributed by atoms with Crippen molar-refractivity contribution in [3.05, 3.63) is 0 Å². The Balaban J connectivity index is 4.12. The number of carbonyl (C=O) groups excluding carboxylic acids is 2. The van der Waals surface area contributed by atoms with Gasteiger partial charge in [-0.05, 0) is 11.8 Å². The Bertz CT molecular complexity index is 248. The molecule has 0 saturated heterocycles. The number of nitrogens with one attached hydrogen (secondary N) is 2. The summed E-state index contributed by atoms with van der Waals surface area (Å²) >= 11 is 0. The molecule has 0 aliphatic heterocycles. The summed E-state index contributed by atoms with van der Waals surface area (Å²) < 4.78 is 0. The van der Waals surface area contributed by atoms with Crippen LogP contribution in [0.5, 0.6) is 0 Å². The van der Waals surface area contributed by atoms with Gasteiger partial charge in [-0.1, -0.05) is 20.8 Å². The van der Waals surface area contributed by atoms with Crippen molar-refractivity contribution in [3.63, 3.8) is 0 Å². The van der Waals surface area contributed by atoms with Gasteiger partial charge in [0.05, 0.1) is 6.54 Å². The van der Waals surface area contributed by atoms with Crippen molar-refractivity contribution in [1.29, 1.82) is 0 Å². The monoisotopic (exact) mass is 231 g/mol. The molecule has 0 aromatic carbocycles. The highest BCUT2D eigenvalue weighted by Gasteiger charge is 2.24. The molecule has 0 radical (unpaired) electrons. The highest BCUT2D eigenvalue weighted by atomic mass is 16.3. The van der Waals surface area contributed by atoms with E-state index in [9.17, 15) is 9.59 Å². The maximum Gasteiger partial charge on any atom is 0.318 e. The lowest BCUT2D eigenvalue weighted by Gasteiger charge is -2.31. The van der Waals surface area contributed by atoms with Crippen molar-refractivity contribution in [3.8, 4) is 0 Å². The van der Waals surface area contributed by atoms with Gasteiger partial charge in [0.15, 0.2) is 0 Å². The zero-order chi connectivity index (χ0) is 12.8. The first-order chi connectivity index (χ1) is 7.27. The topological polar surface area (TPSA) is 104 Å². The summed E-state index contributed by atoms with van der Waals surface area (Å²) in [5, 5.41) is 13.8. The van der Waals surface area contributed by atoms with Crippen LogP contribution in [0.1, 0.15) is 27.2 Å². The van der Waals surface area contributed by atoms with Crippen molar-refractivity contribution < 1.29 is 14.7 Å². The second-order valence-corrected chi connectivity index (χ2v) is 4.72. The largest absolute Gasteiger partial charge is 0.396 e. The number of imide groups is 1. The maximum absolute atomic E-state index is 11.2. The van der Waals surface area contributed by atoms with Gasteiger partial charge in [-0.15, -0.1) is 0 Å². The summed E-state index contributed by atoms with van der Waals surface area (Å²) in [5.41, 5.74) is 4.73. The Morgan fingerprint density at radius 2 is 1.94 bits per heavy atom. The Morgan fingerprint density at radius 3 is 2.31 bits per heavy atom. The molecule has 94 valence electrons. The van der Waals surface area contributed by atoms with Crippen LogP contribution in [0.2, 0.25) is 0 Å². The smallest absolute Gasteiger partial charge is 0.318 e. The van der Waals surface area contributed by atoms with Crippen molar-refractivity contribution in [1.82, 2.24) is 10.6 Å². The number of hydrogen-bond donors (Lipinski definition) is 4. The van der Waals surface area contributed by atoms with Gasteiger partial charge in [0.2, 0.25) is 5.91 Å². The molecule has 0 spiro atoms. The number of nitrogens with two attached hydrogens (primary N) is 1. The first-order valence-electron chi connectivity index (χ1n) is 5.21. The lowest BCUT2D eigenvalue weighted by atomic mass is 9.85. The van der Waals surface area contributed by atoms with Gasteiger partial charge < -0.3 is 16.2 Å². The van der Waals surface area contributed by atoms with Gasteiger partial charge in [-0.3, -0.25) is 10.1 Å². The summed E-state index contributed by atoms with van der Waals surface area (Å²) in [7, 11) is 0. The summed E-state index contributed by atoms with van der Waals surface area (Å²) in [6, 6.07) is -0.864. The molecule has 3 amide bonds. The first-order valence-corrected chi connectivity index (χ1v) is 5.21. The fourth-order valence-corrected chi connectivity index (χ4v) is 1.37. The third-order valence-corrected chi connectivity index (χ3v) is 2.23. The van der Waals surface area contributed by atoms with Gasteiger partial charge in [0.25, 0.3) is 0 Å². The zero-order valence-corrected chi connectivity index (χ0v) is 10.0. The molecule has 1 unspecified atom stereocenters. The van der Waals surface area contributed by atoms with E-state index in [0.29, 0.717) is 6.42 Å². The highest BCUT2D eigenvalue weighted by molar-refractivity contribution is 5.94. The Labute approximate surface area is 95.6 Å². The molecule has 6 heteroatoms. The van der Waals surface area contributed by atoms with E-state index in [-0.39, 0.29) is 24.6 Å². The van der Waals surface area contributed by atoms with Crippen LogP contribution in [0, 0.1) is 5.41 Å². The number of aliphatic hydroxyl groups is 1. The molecule has 0 heterocycles. The summed E-state index contributed by atoms with van der Waals surface area (Å²) in [5.74, 6) is -0.473. The first kappa shape index (κ1) is 14.9. The van der Waals surface area contributed by atoms with Crippen LogP contribution < -0.4 is 16.4 Å². The highest BCUT2D eigenvalue weighted by Crippen LogP contribution is 2.21. The van der Waals surface area contributed by atoms with Gasteiger partial charge in [0.1, 0.15) is 0 Å². The molecule has 16 heavy (non-hydrogen) atoms. The van der Waals surface area contributed by atoms with Crippen molar-refractivity contribution in [2.75, 3.05) is 13.2 Å². The van der Waals surface area contributed by atoms with E-state index in [0.717, 1.165) is 0 Å². The minimum atomic E-state index is -0.860. The fraction of sp³-hybridized carbons (Fsp3) is 0.800. The number of aliphatic hydroxyl groups excluding tert-OH is 1. The second-order valence-electron chi connectivity index (χ2n) is 4.72. The lowest BCUT2D eigenvalue weighted by molar-refractivity contribution is -0.119. The number of hydrogen-bond acceptors (Lipinski definition) is 4. The molecule has 0 fully saturated rings. The number of rotatable bonds is 5. The second kappa shape index (κ2) is 6.44. The predicted molar refractivity (Wildman–Crippen MR) is 60.7 cm³/mol. The van der Waals surface area contributed by atoms with E-state index < -0.39 is 11.9 Å². The molecule has 0 aliphatic rings. The minimum Gasteiger partial charge on any atom is -0.396 e. The van der Waals surface area contributed by atoms with Gasteiger partial charge >= 0.3 is 6.03 Å². The summed E-state index contributed by atoms with van der Waals surface area (Å²) in [6.45, 7) is 6.07. The number of primary amides is 1. The Hall–Kier alpha value is -1.14. The molecule has 0 bridgehead atoms. The average Bonchev–Trinajstić information content (AvgIpc) is 2.08. The lowest BCUT2D eigenvalue weighted by Crippen LogP contribution is -2.47. The predicted octanol–water partition coefficient (Wildman–Crippen LogP) is -0.432. The van der Waals surface area contributed by atoms with Crippen LogP contribution in [-0.4, -0.2) is 36.2 Å². The van der Waals surface area contributed by atoms with Crippen LogP contribution in [0.15, 0.2) is 0 Å². The molecule has 0 rings (SSSR count). The molecule has 0 aliphatic carbocycles. The molecular weight excluding hydrogens is 210 g/mol. The van der Waals surface area contributed by atoms with Gasteiger partial charge in [-0.25, -0.2) is 4.79 Å². The van der Waals surface area contributed by atoms with Crippen molar-refractivity contribution in [2.24, 2.45) is 11.1 Å². The number of urea groups is 1. The van der Waals surface area contributed by atoms with E-state index >= 15 is 0 Å². The SMILES string of the molecule is CC(C)(C)C(CCO)NCC(=O)NC(N)=O. The minimum absolute atomic E-state index is 0.00359. The summed E-state index contributed by atoms with van der Waals surface area (Å²) in [4.78, 5) is 21.6. The number of carbonyl (C=O) groups is 2. The molecule has 0 saturated carbocycles. The quantitative estimate of drug-likeness (QED) is 0.515. The summed E-state index contributed by atoms with van der Waals surface area (Å²) in [6.07, 6.45) is 0.549.